The van der Waals surface area contributed by atoms with E-state index in [9.17, 15) is 18.0 Å². The highest BCUT2D eigenvalue weighted by Gasteiger charge is 2.23. The fraction of sp³-hybridized carbons (Fsp3) is 0.333. The number of benzene rings is 1. The maximum absolute atomic E-state index is 12.1. The molecular formula is C12H14BrNO6S. The van der Waals surface area contributed by atoms with Crippen LogP contribution in [0, 0.1) is 0 Å². The Hall–Kier alpha value is -1.45. The van der Waals surface area contributed by atoms with E-state index in [4.69, 9.17) is 9.84 Å². The molecule has 1 aromatic carbocycles. The zero-order valence-corrected chi connectivity index (χ0v) is 13.7. The molecule has 1 atom stereocenters. The minimum Gasteiger partial charge on any atom is -0.480 e. The van der Waals surface area contributed by atoms with Crippen molar-refractivity contribution in [3.8, 4) is 0 Å². The van der Waals surface area contributed by atoms with E-state index in [-0.39, 0.29) is 17.1 Å². The lowest BCUT2D eigenvalue weighted by Gasteiger charge is -2.11. The predicted octanol–water partition coefficient (Wildman–Crippen LogP) is 1.38. The number of carbonyl (C=O) groups excluding carboxylic acids is 1. The van der Waals surface area contributed by atoms with Crippen LogP contribution in [-0.2, 0) is 19.6 Å². The smallest absolute Gasteiger partial charge is 0.338 e. The Morgan fingerprint density at radius 1 is 1.38 bits per heavy atom. The van der Waals surface area contributed by atoms with Crippen LogP contribution in [0.1, 0.15) is 24.2 Å². The molecule has 1 rings (SSSR count). The summed E-state index contributed by atoms with van der Waals surface area (Å²) in [4.78, 5) is 22.2. The maximum Gasteiger partial charge on any atom is 0.338 e. The van der Waals surface area contributed by atoms with Crippen molar-refractivity contribution >= 4 is 37.9 Å². The van der Waals surface area contributed by atoms with Crippen LogP contribution < -0.4 is 4.72 Å². The molecular weight excluding hydrogens is 366 g/mol. The number of rotatable bonds is 6. The molecule has 0 aliphatic rings. The van der Waals surface area contributed by atoms with Crippen LogP contribution in [0.2, 0.25) is 0 Å². The van der Waals surface area contributed by atoms with Crippen LogP contribution in [0.3, 0.4) is 0 Å². The van der Waals surface area contributed by atoms with Crippen molar-refractivity contribution in [2.75, 3.05) is 6.61 Å². The number of carbonyl (C=O) groups is 2. The van der Waals surface area contributed by atoms with Gasteiger partial charge in [-0.25, -0.2) is 13.2 Å². The predicted molar refractivity (Wildman–Crippen MR) is 77.5 cm³/mol. The summed E-state index contributed by atoms with van der Waals surface area (Å²) in [7, 11) is -4.07. The molecule has 0 heterocycles. The number of aliphatic carboxylic acids is 1. The molecule has 9 heteroatoms. The van der Waals surface area contributed by atoms with Crippen molar-refractivity contribution in [1.82, 2.24) is 4.72 Å². The van der Waals surface area contributed by atoms with Crippen LogP contribution >= 0.6 is 15.9 Å². The lowest BCUT2D eigenvalue weighted by atomic mass is 10.2. The molecule has 0 aliphatic heterocycles. The van der Waals surface area contributed by atoms with Crippen molar-refractivity contribution in [2.24, 2.45) is 0 Å². The van der Waals surface area contributed by atoms with Gasteiger partial charge < -0.3 is 9.84 Å². The van der Waals surface area contributed by atoms with Gasteiger partial charge in [0.25, 0.3) is 0 Å². The van der Waals surface area contributed by atoms with E-state index in [1.807, 2.05) is 4.72 Å². The van der Waals surface area contributed by atoms with E-state index in [2.05, 4.69) is 15.9 Å². The van der Waals surface area contributed by atoms with Crippen LogP contribution in [-0.4, -0.2) is 38.1 Å². The monoisotopic (exact) mass is 379 g/mol. The first-order valence-corrected chi connectivity index (χ1v) is 8.18. The summed E-state index contributed by atoms with van der Waals surface area (Å²) in [6.45, 7) is 2.98. The van der Waals surface area contributed by atoms with Crippen molar-refractivity contribution < 1.29 is 27.9 Å². The van der Waals surface area contributed by atoms with Gasteiger partial charge in [0.05, 0.1) is 17.1 Å². The molecule has 0 bridgehead atoms. The fourth-order valence-corrected chi connectivity index (χ4v) is 3.31. The number of ether oxygens (including phenoxy) is 1. The Morgan fingerprint density at radius 2 is 2.00 bits per heavy atom. The molecule has 0 fully saturated rings. The molecule has 0 unspecified atom stereocenters. The van der Waals surface area contributed by atoms with Gasteiger partial charge in [-0.1, -0.05) is 15.9 Å². The van der Waals surface area contributed by atoms with Crippen LogP contribution in [0.4, 0.5) is 0 Å². The standard InChI is InChI=1S/C12H14BrNO6S/c1-3-20-12(17)8-4-9(13)6-10(5-8)21(18,19)14-7(2)11(15)16/h4-7,14H,3H2,1-2H3,(H,15,16)/t7-/m0/s1. The molecule has 0 amide bonds. The molecule has 21 heavy (non-hydrogen) atoms. The van der Waals surface area contributed by atoms with E-state index in [1.54, 1.807) is 6.92 Å². The van der Waals surface area contributed by atoms with Crippen molar-refractivity contribution in [3.05, 3.63) is 28.2 Å². The van der Waals surface area contributed by atoms with Crippen molar-refractivity contribution in [3.63, 3.8) is 0 Å². The number of sulfonamides is 1. The van der Waals surface area contributed by atoms with E-state index in [1.165, 1.54) is 19.1 Å². The van der Waals surface area contributed by atoms with Gasteiger partial charge in [-0.2, -0.15) is 4.72 Å². The molecule has 116 valence electrons. The highest BCUT2D eigenvalue weighted by molar-refractivity contribution is 9.10. The van der Waals surface area contributed by atoms with Crippen LogP contribution in [0.5, 0.6) is 0 Å². The average molecular weight is 380 g/mol. The van der Waals surface area contributed by atoms with E-state index >= 15 is 0 Å². The lowest BCUT2D eigenvalue weighted by Crippen LogP contribution is -2.38. The summed E-state index contributed by atoms with van der Waals surface area (Å²) >= 11 is 3.10. The molecule has 0 aliphatic carbocycles. The Bertz CT molecular complexity index is 658. The maximum atomic E-state index is 12.1. The summed E-state index contributed by atoms with van der Waals surface area (Å²) in [5.74, 6) is -1.97. The second-order valence-corrected chi connectivity index (χ2v) is 6.71. The summed E-state index contributed by atoms with van der Waals surface area (Å²) in [5.41, 5.74) is 0.0505. The van der Waals surface area contributed by atoms with Gasteiger partial charge in [0.2, 0.25) is 10.0 Å². The molecule has 0 saturated heterocycles. The number of carboxylic acids is 1. The van der Waals surface area contributed by atoms with Gasteiger partial charge in [0.1, 0.15) is 6.04 Å². The molecule has 1 aromatic rings. The lowest BCUT2D eigenvalue weighted by molar-refractivity contribution is -0.138. The van der Waals surface area contributed by atoms with Gasteiger partial charge in [0.15, 0.2) is 0 Å². The van der Waals surface area contributed by atoms with E-state index in [0.29, 0.717) is 4.47 Å². The summed E-state index contributed by atoms with van der Waals surface area (Å²) in [6, 6.07) is 2.51. The Balaban J connectivity index is 3.18. The third-order valence-corrected chi connectivity index (χ3v) is 4.37. The first-order chi connectivity index (χ1) is 9.67. The second-order valence-electron chi connectivity index (χ2n) is 4.08. The van der Waals surface area contributed by atoms with E-state index < -0.39 is 28.0 Å². The average Bonchev–Trinajstić information content (AvgIpc) is 2.37. The largest absolute Gasteiger partial charge is 0.480 e. The first kappa shape index (κ1) is 17.6. The summed E-state index contributed by atoms with van der Waals surface area (Å²) in [6.07, 6.45) is 0. The van der Waals surface area contributed by atoms with Gasteiger partial charge in [-0.3, -0.25) is 4.79 Å². The zero-order chi connectivity index (χ0) is 16.2. The number of carboxylic acid groups (broad SMARTS) is 1. The third kappa shape index (κ3) is 4.80. The van der Waals surface area contributed by atoms with Crippen LogP contribution in [0.25, 0.3) is 0 Å². The second kappa shape index (κ2) is 7.01. The topological polar surface area (TPSA) is 110 Å². The molecule has 0 spiro atoms. The Labute approximate surface area is 130 Å². The fourth-order valence-electron chi connectivity index (χ4n) is 1.40. The van der Waals surface area contributed by atoms with Crippen LogP contribution in [0.15, 0.2) is 27.6 Å². The molecule has 0 saturated carbocycles. The van der Waals surface area contributed by atoms with Gasteiger partial charge in [-0.05, 0) is 32.0 Å². The number of halogens is 1. The number of nitrogens with one attached hydrogen (secondary N) is 1. The molecule has 0 radical (unpaired) electrons. The van der Waals surface area contributed by atoms with Gasteiger partial charge in [-0.15, -0.1) is 0 Å². The Kier molecular flexibility index (Phi) is 5.87. The minimum atomic E-state index is -4.07. The van der Waals surface area contributed by atoms with Gasteiger partial charge >= 0.3 is 11.9 Å². The molecule has 0 aromatic heterocycles. The Morgan fingerprint density at radius 3 is 2.52 bits per heavy atom. The van der Waals surface area contributed by atoms with Crippen molar-refractivity contribution in [1.29, 1.82) is 0 Å². The number of hydrogen-bond donors (Lipinski definition) is 2. The molecule has 2 N–H and O–H groups in total. The SMILES string of the molecule is CCOC(=O)c1cc(Br)cc(S(=O)(=O)N[C@@H](C)C(=O)O)c1. The minimum absolute atomic E-state index is 0.0505. The zero-order valence-electron chi connectivity index (χ0n) is 11.3. The third-order valence-electron chi connectivity index (χ3n) is 2.40. The quantitative estimate of drug-likeness (QED) is 0.722. The molecule has 7 nitrogen and oxygen atoms in total. The normalized spacial score (nSPS) is 12.7. The highest BCUT2D eigenvalue weighted by Crippen LogP contribution is 2.20. The summed E-state index contributed by atoms with van der Waals surface area (Å²) < 4.78 is 31.3. The van der Waals surface area contributed by atoms with Gasteiger partial charge in [0, 0.05) is 4.47 Å². The highest BCUT2D eigenvalue weighted by atomic mass is 79.9. The van der Waals surface area contributed by atoms with Crippen molar-refractivity contribution in [2.45, 2.75) is 24.8 Å². The van der Waals surface area contributed by atoms with E-state index in [0.717, 1.165) is 6.07 Å². The number of esters is 1. The number of hydrogen-bond acceptors (Lipinski definition) is 5. The summed E-state index contributed by atoms with van der Waals surface area (Å²) in [5, 5.41) is 8.75. The first-order valence-electron chi connectivity index (χ1n) is 5.90.